The molecule has 1 aromatic heterocycles. The molecule has 0 aliphatic carbocycles. The number of benzene rings is 1. The zero-order valence-corrected chi connectivity index (χ0v) is 12.9. The summed E-state index contributed by atoms with van der Waals surface area (Å²) in [6.45, 7) is 0. The first-order valence-electron chi connectivity index (χ1n) is 5.09. The maximum absolute atomic E-state index is 12.9. The van der Waals surface area contributed by atoms with E-state index in [1.165, 1.54) is 11.4 Å². The van der Waals surface area contributed by atoms with E-state index in [0.717, 1.165) is 29.5 Å². The van der Waals surface area contributed by atoms with Gasteiger partial charge in [0.25, 0.3) is 10.0 Å². The van der Waals surface area contributed by atoms with E-state index in [4.69, 9.17) is 5.11 Å². The standard InChI is InChI=1S/C11H7BrFNO4S2/c12-8-3-6(13)1-2-9(8)14-20(17,18)7-4-10(11(15)16)19-5-7/h1-5,14H,(H,15,16). The Morgan fingerprint density at radius 2 is 2.05 bits per heavy atom. The molecule has 0 aliphatic heterocycles. The van der Waals surface area contributed by atoms with E-state index in [0.29, 0.717) is 0 Å². The average Bonchev–Trinajstić information content (AvgIpc) is 2.83. The van der Waals surface area contributed by atoms with Crippen molar-refractivity contribution in [3.8, 4) is 0 Å². The quantitative estimate of drug-likeness (QED) is 0.854. The van der Waals surface area contributed by atoms with Crippen molar-refractivity contribution in [1.82, 2.24) is 0 Å². The van der Waals surface area contributed by atoms with Crippen molar-refractivity contribution in [3.63, 3.8) is 0 Å². The second-order valence-electron chi connectivity index (χ2n) is 3.68. The van der Waals surface area contributed by atoms with E-state index in [9.17, 15) is 17.6 Å². The minimum absolute atomic E-state index is 0.0800. The first-order chi connectivity index (χ1) is 9.29. The molecule has 2 rings (SSSR count). The van der Waals surface area contributed by atoms with E-state index < -0.39 is 21.8 Å². The molecule has 1 aromatic carbocycles. The number of thiophene rings is 1. The van der Waals surface area contributed by atoms with Crippen molar-refractivity contribution in [3.05, 3.63) is 44.8 Å². The zero-order valence-electron chi connectivity index (χ0n) is 9.63. The van der Waals surface area contributed by atoms with Gasteiger partial charge in [0.05, 0.1) is 10.6 Å². The Hall–Kier alpha value is -1.45. The molecule has 5 nitrogen and oxygen atoms in total. The molecule has 0 saturated heterocycles. The van der Waals surface area contributed by atoms with Gasteiger partial charge in [-0.05, 0) is 40.2 Å². The molecule has 0 aliphatic rings. The van der Waals surface area contributed by atoms with Crippen molar-refractivity contribution in [1.29, 1.82) is 0 Å². The van der Waals surface area contributed by atoms with Crippen molar-refractivity contribution in [2.45, 2.75) is 4.90 Å². The Morgan fingerprint density at radius 1 is 1.35 bits per heavy atom. The Kier molecular flexibility index (Phi) is 4.11. The Bertz CT molecular complexity index is 772. The van der Waals surface area contributed by atoms with Gasteiger partial charge in [-0.25, -0.2) is 17.6 Å². The summed E-state index contributed by atoms with van der Waals surface area (Å²) in [5.41, 5.74) is 0.162. The van der Waals surface area contributed by atoms with Gasteiger partial charge in [0.2, 0.25) is 0 Å². The van der Waals surface area contributed by atoms with Gasteiger partial charge in [-0.1, -0.05) is 0 Å². The lowest BCUT2D eigenvalue weighted by atomic mass is 10.3. The number of nitrogens with one attached hydrogen (secondary N) is 1. The van der Waals surface area contributed by atoms with E-state index >= 15 is 0 Å². The Morgan fingerprint density at radius 3 is 2.60 bits per heavy atom. The number of anilines is 1. The summed E-state index contributed by atoms with van der Waals surface area (Å²) in [4.78, 5) is 10.5. The highest BCUT2D eigenvalue weighted by molar-refractivity contribution is 9.10. The lowest BCUT2D eigenvalue weighted by Crippen LogP contribution is -2.12. The number of carbonyl (C=O) groups is 1. The van der Waals surface area contributed by atoms with Crippen LogP contribution in [0.2, 0.25) is 0 Å². The number of halogens is 2. The molecule has 0 amide bonds. The molecule has 2 N–H and O–H groups in total. The van der Waals surface area contributed by atoms with Crippen LogP contribution in [0.4, 0.5) is 10.1 Å². The van der Waals surface area contributed by atoms with Gasteiger partial charge in [0, 0.05) is 9.85 Å². The first kappa shape index (κ1) is 14.9. The van der Waals surface area contributed by atoms with Gasteiger partial charge in [0.1, 0.15) is 10.7 Å². The van der Waals surface area contributed by atoms with Crippen LogP contribution in [-0.4, -0.2) is 19.5 Å². The van der Waals surface area contributed by atoms with Crippen LogP contribution in [0, 0.1) is 5.82 Å². The number of aromatic carboxylic acids is 1. The summed E-state index contributed by atoms with van der Waals surface area (Å²) in [5, 5.41) is 10.00. The van der Waals surface area contributed by atoms with E-state index in [2.05, 4.69) is 20.7 Å². The molecule has 0 atom stereocenters. The number of hydrogen-bond acceptors (Lipinski definition) is 4. The Balaban J connectivity index is 2.33. The number of carboxylic acid groups (broad SMARTS) is 1. The fraction of sp³-hybridized carbons (Fsp3) is 0. The first-order valence-corrected chi connectivity index (χ1v) is 8.25. The normalized spacial score (nSPS) is 11.3. The summed E-state index contributed by atoms with van der Waals surface area (Å²) >= 11 is 3.85. The fourth-order valence-electron chi connectivity index (χ4n) is 1.35. The van der Waals surface area contributed by atoms with Crippen molar-refractivity contribution in [2.75, 3.05) is 4.72 Å². The molecule has 0 radical (unpaired) electrons. The van der Waals surface area contributed by atoms with Crippen molar-refractivity contribution in [2.24, 2.45) is 0 Å². The smallest absolute Gasteiger partial charge is 0.345 e. The highest BCUT2D eigenvalue weighted by atomic mass is 79.9. The fourth-order valence-corrected chi connectivity index (χ4v) is 4.12. The summed E-state index contributed by atoms with van der Waals surface area (Å²) < 4.78 is 39.5. The summed E-state index contributed by atoms with van der Waals surface area (Å²) in [6.07, 6.45) is 0. The van der Waals surface area contributed by atoms with Crippen LogP contribution in [0.15, 0.2) is 39.0 Å². The van der Waals surface area contributed by atoms with Crippen LogP contribution >= 0.6 is 27.3 Å². The topological polar surface area (TPSA) is 83.5 Å². The molecule has 0 spiro atoms. The molecular weight excluding hydrogens is 373 g/mol. The number of carboxylic acids is 1. The van der Waals surface area contributed by atoms with E-state index in [1.54, 1.807) is 0 Å². The largest absolute Gasteiger partial charge is 0.477 e. The predicted octanol–water partition coefficient (Wildman–Crippen LogP) is 3.15. The third kappa shape index (κ3) is 3.17. The molecule has 0 unspecified atom stereocenters. The third-order valence-corrected chi connectivity index (χ3v) is 5.34. The molecule has 0 bridgehead atoms. The lowest BCUT2D eigenvalue weighted by molar-refractivity contribution is 0.0702. The van der Waals surface area contributed by atoms with Gasteiger partial charge >= 0.3 is 5.97 Å². The average molecular weight is 380 g/mol. The lowest BCUT2D eigenvalue weighted by Gasteiger charge is -2.08. The summed E-state index contributed by atoms with van der Waals surface area (Å²) in [5.74, 6) is -1.71. The molecule has 106 valence electrons. The van der Waals surface area contributed by atoms with Gasteiger partial charge in [-0.2, -0.15) is 0 Å². The van der Waals surface area contributed by atoms with Crippen LogP contribution in [0.25, 0.3) is 0 Å². The molecule has 2 aromatic rings. The molecule has 20 heavy (non-hydrogen) atoms. The molecule has 0 fully saturated rings. The minimum Gasteiger partial charge on any atom is -0.477 e. The van der Waals surface area contributed by atoms with Crippen molar-refractivity contribution < 1.29 is 22.7 Å². The SMILES string of the molecule is O=C(O)c1cc(S(=O)(=O)Nc2ccc(F)cc2Br)cs1. The van der Waals surface area contributed by atoms with Crippen LogP contribution < -0.4 is 4.72 Å². The highest BCUT2D eigenvalue weighted by Gasteiger charge is 2.19. The van der Waals surface area contributed by atoms with E-state index in [-0.39, 0.29) is 19.9 Å². The Labute approximate surface area is 126 Å². The second kappa shape index (κ2) is 5.51. The minimum atomic E-state index is -3.92. The number of sulfonamides is 1. The van der Waals surface area contributed by atoms with Crippen LogP contribution in [0.5, 0.6) is 0 Å². The van der Waals surface area contributed by atoms with Gasteiger partial charge in [-0.15, -0.1) is 11.3 Å². The van der Waals surface area contributed by atoms with Crippen LogP contribution in [0.1, 0.15) is 9.67 Å². The molecule has 0 saturated carbocycles. The van der Waals surface area contributed by atoms with Gasteiger partial charge in [0.15, 0.2) is 0 Å². The predicted molar refractivity (Wildman–Crippen MR) is 76.2 cm³/mol. The van der Waals surface area contributed by atoms with Gasteiger partial charge in [-0.3, -0.25) is 4.72 Å². The maximum Gasteiger partial charge on any atom is 0.345 e. The summed E-state index contributed by atoms with van der Waals surface area (Å²) in [7, 11) is -3.92. The van der Waals surface area contributed by atoms with E-state index in [1.807, 2.05) is 0 Å². The maximum atomic E-state index is 12.9. The monoisotopic (exact) mass is 379 g/mol. The van der Waals surface area contributed by atoms with Crippen molar-refractivity contribution >= 4 is 48.9 Å². The molecular formula is C11H7BrFNO4S2. The molecule has 1 heterocycles. The summed E-state index contributed by atoms with van der Waals surface area (Å²) in [6, 6.07) is 4.56. The second-order valence-corrected chi connectivity index (χ2v) is 7.13. The molecule has 9 heteroatoms. The third-order valence-electron chi connectivity index (χ3n) is 2.27. The number of rotatable bonds is 4. The van der Waals surface area contributed by atoms with Gasteiger partial charge < -0.3 is 5.11 Å². The number of hydrogen-bond donors (Lipinski definition) is 2. The zero-order chi connectivity index (χ0) is 14.9. The highest BCUT2D eigenvalue weighted by Crippen LogP contribution is 2.27. The van der Waals surface area contributed by atoms with Crippen LogP contribution in [-0.2, 0) is 10.0 Å². The van der Waals surface area contributed by atoms with Crippen LogP contribution in [0.3, 0.4) is 0 Å².